The summed E-state index contributed by atoms with van der Waals surface area (Å²) in [5.74, 6) is 0. The Hall–Kier alpha value is -0.810. The SMILES string of the molecule is O=C(O)N1CCC(OC2CCNC2)CC1. The van der Waals surface area contributed by atoms with Gasteiger partial charge in [-0.25, -0.2) is 4.79 Å². The number of carboxylic acid groups (broad SMARTS) is 1. The van der Waals surface area contributed by atoms with Crippen molar-refractivity contribution in [3.63, 3.8) is 0 Å². The van der Waals surface area contributed by atoms with Crippen molar-refractivity contribution in [2.75, 3.05) is 26.2 Å². The Balaban J connectivity index is 1.71. The van der Waals surface area contributed by atoms with Crippen LogP contribution in [0.25, 0.3) is 0 Å². The van der Waals surface area contributed by atoms with Gasteiger partial charge in [0.05, 0.1) is 12.2 Å². The molecule has 2 aliphatic heterocycles. The lowest BCUT2D eigenvalue weighted by atomic mass is 10.1. The summed E-state index contributed by atoms with van der Waals surface area (Å²) in [5.41, 5.74) is 0. The molecule has 2 saturated heterocycles. The number of likely N-dealkylation sites (tertiary alicyclic amines) is 1. The van der Waals surface area contributed by atoms with E-state index in [4.69, 9.17) is 9.84 Å². The molecule has 5 nitrogen and oxygen atoms in total. The van der Waals surface area contributed by atoms with E-state index in [-0.39, 0.29) is 6.10 Å². The minimum absolute atomic E-state index is 0.255. The molecule has 1 atom stereocenters. The van der Waals surface area contributed by atoms with E-state index < -0.39 is 6.09 Å². The largest absolute Gasteiger partial charge is 0.465 e. The number of carbonyl (C=O) groups is 1. The first kappa shape index (κ1) is 10.7. The van der Waals surface area contributed by atoms with E-state index in [1.54, 1.807) is 0 Å². The Kier molecular flexibility index (Phi) is 3.43. The van der Waals surface area contributed by atoms with Crippen molar-refractivity contribution in [3.05, 3.63) is 0 Å². The maximum Gasteiger partial charge on any atom is 0.407 e. The van der Waals surface area contributed by atoms with Crippen molar-refractivity contribution in [2.45, 2.75) is 31.5 Å². The van der Waals surface area contributed by atoms with Crippen LogP contribution < -0.4 is 5.32 Å². The number of hydrogen-bond acceptors (Lipinski definition) is 3. The average Bonchev–Trinajstić information content (AvgIpc) is 2.71. The van der Waals surface area contributed by atoms with E-state index in [9.17, 15) is 4.79 Å². The van der Waals surface area contributed by atoms with Crippen molar-refractivity contribution in [2.24, 2.45) is 0 Å². The minimum Gasteiger partial charge on any atom is -0.465 e. The van der Waals surface area contributed by atoms with Gasteiger partial charge in [0.2, 0.25) is 0 Å². The first-order valence-electron chi connectivity index (χ1n) is 5.60. The lowest BCUT2D eigenvalue weighted by Gasteiger charge is -2.31. The number of hydrogen-bond donors (Lipinski definition) is 2. The Bertz CT molecular complexity index is 221. The van der Waals surface area contributed by atoms with E-state index in [0.29, 0.717) is 19.2 Å². The van der Waals surface area contributed by atoms with Crippen molar-refractivity contribution >= 4 is 6.09 Å². The van der Waals surface area contributed by atoms with Crippen LogP contribution in [-0.4, -0.2) is 54.5 Å². The van der Waals surface area contributed by atoms with Crippen LogP contribution in [0.3, 0.4) is 0 Å². The van der Waals surface area contributed by atoms with Gasteiger partial charge in [0.15, 0.2) is 0 Å². The summed E-state index contributed by atoms with van der Waals surface area (Å²) in [6, 6.07) is 0. The molecule has 2 aliphatic rings. The van der Waals surface area contributed by atoms with Crippen LogP contribution in [0.2, 0.25) is 0 Å². The summed E-state index contributed by atoms with van der Waals surface area (Å²) in [4.78, 5) is 12.1. The molecule has 0 aromatic rings. The van der Waals surface area contributed by atoms with Gasteiger partial charge in [0.1, 0.15) is 0 Å². The Morgan fingerprint density at radius 1 is 1.27 bits per heavy atom. The van der Waals surface area contributed by atoms with Crippen LogP contribution in [0.15, 0.2) is 0 Å². The molecule has 2 heterocycles. The highest BCUT2D eigenvalue weighted by molar-refractivity contribution is 5.64. The van der Waals surface area contributed by atoms with Gasteiger partial charge in [-0.05, 0) is 25.8 Å². The monoisotopic (exact) mass is 214 g/mol. The smallest absolute Gasteiger partial charge is 0.407 e. The number of nitrogens with zero attached hydrogens (tertiary/aromatic N) is 1. The van der Waals surface area contributed by atoms with Crippen molar-refractivity contribution in [1.82, 2.24) is 10.2 Å². The van der Waals surface area contributed by atoms with Gasteiger partial charge in [-0.15, -0.1) is 0 Å². The predicted molar refractivity (Wildman–Crippen MR) is 55.0 cm³/mol. The molecule has 0 aliphatic carbocycles. The summed E-state index contributed by atoms with van der Waals surface area (Å²) in [6.45, 7) is 3.21. The lowest BCUT2D eigenvalue weighted by Crippen LogP contribution is -2.41. The van der Waals surface area contributed by atoms with Crippen molar-refractivity contribution in [3.8, 4) is 0 Å². The molecule has 1 unspecified atom stereocenters. The fourth-order valence-corrected chi connectivity index (χ4v) is 2.20. The fraction of sp³-hybridized carbons (Fsp3) is 0.900. The Morgan fingerprint density at radius 3 is 2.53 bits per heavy atom. The number of rotatable bonds is 2. The molecule has 0 saturated carbocycles. The maximum atomic E-state index is 10.7. The number of nitrogens with one attached hydrogen (secondary N) is 1. The topological polar surface area (TPSA) is 61.8 Å². The summed E-state index contributed by atoms with van der Waals surface area (Å²) in [5, 5.41) is 12.0. The van der Waals surface area contributed by atoms with Gasteiger partial charge < -0.3 is 20.1 Å². The molecule has 2 rings (SSSR count). The van der Waals surface area contributed by atoms with Gasteiger partial charge in [0, 0.05) is 19.6 Å². The molecule has 15 heavy (non-hydrogen) atoms. The van der Waals surface area contributed by atoms with Crippen molar-refractivity contribution < 1.29 is 14.6 Å². The molecular weight excluding hydrogens is 196 g/mol. The maximum absolute atomic E-state index is 10.7. The van der Waals surface area contributed by atoms with Crippen LogP contribution in [0, 0.1) is 0 Å². The van der Waals surface area contributed by atoms with E-state index in [0.717, 1.165) is 32.4 Å². The van der Waals surface area contributed by atoms with E-state index in [1.165, 1.54) is 4.90 Å². The van der Waals surface area contributed by atoms with Gasteiger partial charge in [0.25, 0.3) is 0 Å². The molecule has 0 radical (unpaired) electrons. The molecule has 2 fully saturated rings. The van der Waals surface area contributed by atoms with Crippen LogP contribution in [0.5, 0.6) is 0 Å². The zero-order valence-electron chi connectivity index (χ0n) is 8.82. The molecule has 0 spiro atoms. The minimum atomic E-state index is -0.809. The van der Waals surface area contributed by atoms with Crippen LogP contribution in [-0.2, 0) is 4.74 Å². The van der Waals surface area contributed by atoms with E-state index >= 15 is 0 Å². The first-order chi connectivity index (χ1) is 7.25. The molecule has 0 aromatic heterocycles. The van der Waals surface area contributed by atoms with Crippen molar-refractivity contribution in [1.29, 1.82) is 0 Å². The summed E-state index contributed by atoms with van der Waals surface area (Å²) in [7, 11) is 0. The molecule has 86 valence electrons. The number of piperidine rings is 1. The zero-order chi connectivity index (χ0) is 10.7. The van der Waals surface area contributed by atoms with Gasteiger partial charge in [-0.2, -0.15) is 0 Å². The second-order valence-electron chi connectivity index (χ2n) is 4.22. The lowest BCUT2D eigenvalue weighted by molar-refractivity contribution is -0.0307. The number of ether oxygens (including phenoxy) is 1. The second-order valence-corrected chi connectivity index (χ2v) is 4.22. The van der Waals surface area contributed by atoms with Crippen LogP contribution in [0.4, 0.5) is 4.79 Å². The molecule has 0 bridgehead atoms. The fourth-order valence-electron chi connectivity index (χ4n) is 2.20. The van der Waals surface area contributed by atoms with Gasteiger partial charge in [-0.1, -0.05) is 0 Å². The average molecular weight is 214 g/mol. The standard InChI is InChI=1S/C10H18N2O3/c13-10(14)12-5-2-8(3-6-12)15-9-1-4-11-7-9/h8-9,11H,1-7H2,(H,13,14). The van der Waals surface area contributed by atoms with Gasteiger partial charge in [-0.3, -0.25) is 0 Å². The summed E-state index contributed by atoms with van der Waals surface area (Å²) in [6.07, 6.45) is 2.54. The highest BCUT2D eigenvalue weighted by atomic mass is 16.5. The number of amides is 1. The highest BCUT2D eigenvalue weighted by Gasteiger charge is 2.26. The first-order valence-corrected chi connectivity index (χ1v) is 5.60. The Labute approximate surface area is 89.4 Å². The second kappa shape index (κ2) is 4.81. The normalized spacial score (nSPS) is 28.3. The van der Waals surface area contributed by atoms with E-state index in [2.05, 4.69) is 5.32 Å². The third-order valence-electron chi connectivity index (χ3n) is 3.11. The van der Waals surface area contributed by atoms with E-state index in [1.807, 2.05) is 0 Å². The molecule has 0 aromatic carbocycles. The highest BCUT2D eigenvalue weighted by Crippen LogP contribution is 2.17. The molecule has 5 heteroatoms. The zero-order valence-corrected chi connectivity index (χ0v) is 8.82. The Morgan fingerprint density at radius 2 is 2.00 bits per heavy atom. The summed E-state index contributed by atoms with van der Waals surface area (Å²) >= 11 is 0. The third-order valence-corrected chi connectivity index (χ3v) is 3.11. The van der Waals surface area contributed by atoms with Gasteiger partial charge >= 0.3 is 6.09 Å². The van der Waals surface area contributed by atoms with Crippen LogP contribution in [0.1, 0.15) is 19.3 Å². The molecule has 1 amide bonds. The predicted octanol–water partition coefficient (Wildman–Crippen LogP) is 0.507. The summed E-state index contributed by atoms with van der Waals surface area (Å²) < 4.78 is 5.90. The quantitative estimate of drug-likeness (QED) is 0.703. The van der Waals surface area contributed by atoms with Crippen LogP contribution >= 0.6 is 0 Å². The third kappa shape index (κ3) is 2.82. The molecule has 2 N–H and O–H groups in total. The molecular formula is C10H18N2O3.